The van der Waals surface area contributed by atoms with Gasteiger partial charge in [0.25, 0.3) is 0 Å². The number of amides is 1. The van der Waals surface area contributed by atoms with Crippen molar-refractivity contribution in [3.8, 4) is 11.5 Å². The number of rotatable bonds is 6. The number of methoxy groups -OCH3 is 1. The highest BCUT2D eigenvalue weighted by Gasteiger charge is 2.13. The van der Waals surface area contributed by atoms with Crippen LogP contribution in [0.5, 0.6) is 0 Å². The summed E-state index contributed by atoms with van der Waals surface area (Å²) in [7, 11) is 1.54. The van der Waals surface area contributed by atoms with Crippen LogP contribution in [0.4, 0.5) is 5.69 Å². The highest BCUT2D eigenvalue weighted by Crippen LogP contribution is 2.26. The van der Waals surface area contributed by atoms with Crippen LogP contribution in [0.1, 0.15) is 17.7 Å². The summed E-state index contributed by atoms with van der Waals surface area (Å²) in [5, 5.41) is 2.84. The van der Waals surface area contributed by atoms with Gasteiger partial charge < -0.3 is 20.2 Å². The molecule has 1 aromatic carbocycles. The maximum absolute atomic E-state index is 12.0. The highest BCUT2D eigenvalue weighted by molar-refractivity contribution is 5.91. The van der Waals surface area contributed by atoms with Crippen molar-refractivity contribution in [1.29, 1.82) is 0 Å². The molecule has 0 bridgehead atoms. The summed E-state index contributed by atoms with van der Waals surface area (Å²) in [6, 6.07) is 5.61. The van der Waals surface area contributed by atoms with Gasteiger partial charge in [0, 0.05) is 24.9 Å². The maximum atomic E-state index is 12.0. The molecule has 0 aliphatic carbocycles. The van der Waals surface area contributed by atoms with E-state index in [4.69, 9.17) is 14.9 Å². The molecule has 0 fully saturated rings. The summed E-state index contributed by atoms with van der Waals surface area (Å²) in [5.74, 6) is 0.401. The number of aryl methyl sites for hydroxylation is 2. The van der Waals surface area contributed by atoms with E-state index >= 15 is 0 Å². The van der Waals surface area contributed by atoms with Gasteiger partial charge in [0.2, 0.25) is 11.8 Å². The van der Waals surface area contributed by atoms with Crippen molar-refractivity contribution in [3.63, 3.8) is 0 Å². The molecule has 1 atom stereocenters. The molecule has 2 rings (SSSR count). The van der Waals surface area contributed by atoms with Gasteiger partial charge in [-0.3, -0.25) is 4.79 Å². The molecule has 1 heterocycles. The first kappa shape index (κ1) is 16.2. The molecule has 6 heteroatoms. The summed E-state index contributed by atoms with van der Waals surface area (Å²) >= 11 is 0. The molecule has 3 N–H and O–H groups in total. The van der Waals surface area contributed by atoms with Gasteiger partial charge in [0.05, 0.1) is 18.2 Å². The number of carbonyl (C=O) groups excluding carboxylic acids is 1. The van der Waals surface area contributed by atoms with Gasteiger partial charge in [-0.25, -0.2) is 4.98 Å². The van der Waals surface area contributed by atoms with Crippen molar-refractivity contribution in [2.24, 2.45) is 5.73 Å². The van der Waals surface area contributed by atoms with Crippen molar-refractivity contribution >= 4 is 11.6 Å². The van der Waals surface area contributed by atoms with Crippen molar-refractivity contribution in [3.05, 3.63) is 35.7 Å². The summed E-state index contributed by atoms with van der Waals surface area (Å²) in [6.45, 7) is 4.14. The summed E-state index contributed by atoms with van der Waals surface area (Å²) in [6.07, 6.45) is 1.54. The van der Waals surface area contributed by atoms with Gasteiger partial charge >= 0.3 is 0 Å². The number of nitrogens with two attached hydrogens (primary N) is 1. The van der Waals surface area contributed by atoms with Gasteiger partial charge in [-0.2, -0.15) is 0 Å². The number of ether oxygens (including phenoxy) is 1. The Hall–Kier alpha value is -2.18. The van der Waals surface area contributed by atoms with Crippen LogP contribution in [0, 0.1) is 13.8 Å². The molecule has 0 aliphatic rings. The van der Waals surface area contributed by atoms with E-state index in [9.17, 15) is 4.79 Å². The molecule has 22 heavy (non-hydrogen) atoms. The Morgan fingerprint density at radius 2 is 2.23 bits per heavy atom. The number of carbonyl (C=O) groups is 1. The molecule has 0 saturated heterocycles. The molecule has 1 amide bonds. The van der Waals surface area contributed by atoms with Crippen LogP contribution in [0.2, 0.25) is 0 Å². The molecule has 0 radical (unpaired) electrons. The molecule has 118 valence electrons. The van der Waals surface area contributed by atoms with Crippen LogP contribution in [0.15, 0.2) is 28.9 Å². The van der Waals surface area contributed by atoms with E-state index in [0.717, 1.165) is 16.8 Å². The zero-order chi connectivity index (χ0) is 16.1. The minimum absolute atomic E-state index is 0.143. The van der Waals surface area contributed by atoms with Gasteiger partial charge in [0.15, 0.2) is 0 Å². The Labute approximate surface area is 129 Å². The van der Waals surface area contributed by atoms with Crippen molar-refractivity contribution in [2.45, 2.75) is 26.4 Å². The van der Waals surface area contributed by atoms with Crippen LogP contribution >= 0.6 is 0 Å². The summed E-state index contributed by atoms with van der Waals surface area (Å²) < 4.78 is 10.5. The lowest BCUT2D eigenvalue weighted by Crippen LogP contribution is -2.28. The number of nitrogens with zero attached hydrogens (tertiary/aromatic N) is 1. The van der Waals surface area contributed by atoms with E-state index in [-0.39, 0.29) is 18.4 Å². The van der Waals surface area contributed by atoms with E-state index in [1.165, 1.54) is 0 Å². The fourth-order valence-electron chi connectivity index (χ4n) is 2.09. The van der Waals surface area contributed by atoms with Crippen LogP contribution in [-0.2, 0) is 9.53 Å². The lowest BCUT2D eigenvalue weighted by atomic mass is 10.1. The lowest BCUT2D eigenvalue weighted by molar-refractivity contribution is -0.118. The average Bonchev–Trinajstić information content (AvgIpc) is 2.93. The Kier molecular flexibility index (Phi) is 5.30. The third-order valence-corrected chi connectivity index (χ3v) is 3.38. The van der Waals surface area contributed by atoms with Gasteiger partial charge in [-0.15, -0.1) is 0 Å². The number of benzene rings is 1. The SMILES string of the molecule is COC(CN)CC(=O)Nc1ccc(C)c(-c2nc(C)co2)c1. The van der Waals surface area contributed by atoms with Crippen molar-refractivity contribution in [2.75, 3.05) is 19.0 Å². The number of nitrogens with one attached hydrogen (secondary N) is 1. The van der Waals surface area contributed by atoms with E-state index < -0.39 is 0 Å². The molecule has 0 saturated carbocycles. The molecule has 0 aliphatic heterocycles. The fourth-order valence-corrected chi connectivity index (χ4v) is 2.09. The van der Waals surface area contributed by atoms with E-state index in [2.05, 4.69) is 10.3 Å². The topological polar surface area (TPSA) is 90.4 Å². The molecule has 2 aromatic rings. The van der Waals surface area contributed by atoms with E-state index in [1.807, 2.05) is 32.0 Å². The zero-order valence-electron chi connectivity index (χ0n) is 13.1. The fraction of sp³-hybridized carbons (Fsp3) is 0.375. The molecule has 6 nitrogen and oxygen atoms in total. The zero-order valence-corrected chi connectivity index (χ0v) is 13.1. The Bertz CT molecular complexity index is 648. The Morgan fingerprint density at radius 3 is 2.82 bits per heavy atom. The summed E-state index contributed by atoms with van der Waals surface area (Å²) in [5.41, 5.74) is 8.90. The number of hydrogen-bond donors (Lipinski definition) is 2. The first-order chi connectivity index (χ1) is 10.5. The largest absolute Gasteiger partial charge is 0.444 e. The maximum Gasteiger partial charge on any atom is 0.227 e. The monoisotopic (exact) mass is 303 g/mol. The van der Waals surface area contributed by atoms with E-state index in [1.54, 1.807) is 13.4 Å². The van der Waals surface area contributed by atoms with Crippen LogP contribution in [-0.4, -0.2) is 30.6 Å². The normalized spacial score (nSPS) is 12.2. The van der Waals surface area contributed by atoms with Crippen molar-refractivity contribution in [1.82, 2.24) is 4.98 Å². The minimum atomic E-state index is -0.278. The average molecular weight is 303 g/mol. The van der Waals surface area contributed by atoms with E-state index in [0.29, 0.717) is 18.1 Å². The third kappa shape index (κ3) is 3.93. The van der Waals surface area contributed by atoms with Crippen molar-refractivity contribution < 1.29 is 13.9 Å². The second kappa shape index (κ2) is 7.20. The lowest BCUT2D eigenvalue weighted by Gasteiger charge is -2.13. The number of oxazole rings is 1. The third-order valence-electron chi connectivity index (χ3n) is 3.38. The molecule has 0 spiro atoms. The predicted molar refractivity (Wildman–Crippen MR) is 84.5 cm³/mol. The Morgan fingerprint density at radius 1 is 1.45 bits per heavy atom. The number of hydrogen-bond acceptors (Lipinski definition) is 5. The molecular weight excluding hydrogens is 282 g/mol. The van der Waals surface area contributed by atoms with Gasteiger partial charge in [0.1, 0.15) is 6.26 Å². The minimum Gasteiger partial charge on any atom is -0.444 e. The number of anilines is 1. The Balaban J connectivity index is 2.14. The van der Waals surface area contributed by atoms with Crippen LogP contribution in [0.3, 0.4) is 0 Å². The van der Waals surface area contributed by atoms with Gasteiger partial charge in [-0.05, 0) is 31.5 Å². The molecule has 1 aromatic heterocycles. The van der Waals surface area contributed by atoms with Crippen LogP contribution in [0.25, 0.3) is 11.5 Å². The first-order valence-corrected chi connectivity index (χ1v) is 7.09. The standard InChI is InChI=1S/C16H21N3O3/c1-10-4-5-12(19-15(20)7-13(8-17)21-3)6-14(10)16-18-11(2)9-22-16/h4-6,9,13H,7-8,17H2,1-3H3,(H,19,20). The highest BCUT2D eigenvalue weighted by atomic mass is 16.5. The second-order valence-electron chi connectivity index (χ2n) is 5.17. The second-order valence-corrected chi connectivity index (χ2v) is 5.17. The first-order valence-electron chi connectivity index (χ1n) is 7.09. The smallest absolute Gasteiger partial charge is 0.227 e. The summed E-state index contributed by atoms with van der Waals surface area (Å²) in [4.78, 5) is 16.3. The molecule has 1 unspecified atom stereocenters. The number of aromatic nitrogens is 1. The molecular formula is C16H21N3O3. The quantitative estimate of drug-likeness (QED) is 0.854. The predicted octanol–water partition coefficient (Wildman–Crippen LogP) is 2.26. The van der Waals surface area contributed by atoms with Crippen LogP contribution < -0.4 is 11.1 Å². The van der Waals surface area contributed by atoms with Gasteiger partial charge in [-0.1, -0.05) is 6.07 Å².